The van der Waals surface area contributed by atoms with Crippen LogP contribution in [0, 0.1) is 11.7 Å². The average Bonchev–Trinajstić information content (AvgIpc) is 3.18. The molecule has 0 radical (unpaired) electrons. The molecular formula is C17H21FN4O. The summed E-state index contributed by atoms with van der Waals surface area (Å²) in [4.78, 5) is 14.3. The molecule has 1 aliphatic heterocycles. The summed E-state index contributed by atoms with van der Waals surface area (Å²) >= 11 is 0. The smallest absolute Gasteiger partial charge is 0.222 e. The summed E-state index contributed by atoms with van der Waals surface area (Å²) in [5.74, 6) is 0.127. The van der Waals surface area contributed by atoms with Gasteiger partial charge in [-0.2, -0.15) is 0 Å². The highest BCUT2D eigenvalue weighted by Crippen LogP contribution is 2.22. The van der Waals surface area contributed by atoms with Crippen LogP contribution in [0.5, 0.6) is 0 Å². The van der Waals surface area contributed by atoms with Crippen molar-refractivity contribution in [2.75, 3.05) is 13.1 Å². The maximum atomic E-state index is 13.2. The summed E-state index contributed by atoms with van der Waals surface area (Å²) < 4.78 is 15.0. The van der Waals surface area contributed by atoms with Crippen LogP contribution in [-0.2, 0) is 11.2 Å². The monoisotopic (exact) mass is 316 g/mol. The van der Waals surface area contributed by atoms with Gasteiger partial charge < -0.3 is 4.90 Å². The predicted octanol–water partition coefficient (Wildman–Crippen LogP) is 2.46. The van der Waals surface area contributed by atoms with Gasteiger partial charge in [0.25, 0.3) is 0 Å². The number of nitrogens with zero attached hydrogens (tertiary/aromatic N) is 4. The molecule has 2 heterocycles. The highest BCUT2D eigenvalue weighted by molar-refractivity contribution is 5.76. The van der Waals surface area contributed by atoms with Crippen LogP contribution in [0.2, 0.25) is 0 Å². The molecule has 1 saturated heterocycles. The van der Waals surface area contributed by atoms with Crippen molar-refractivity contribution in [3.05, 3.63) is 48.0 Å². The lowest BCUT2D eigenvalue weighted by Crippen LogP contribution is -2.30. The van der Waals surface area contributed by atoms with Crippen LogP contribution in [0.15, 0.2) is 36.7 Å². The largest absolute Gasteiger partial charge is 0.340 e. The van der Waals surface area contributed by atoms with Crippen LogP contribution in [0.4, 0.5) is 4.39 Å². The minimum Gasteiger partial charge on any atom is -0.340 e. The maximum Gasteiger partial charge on any atom is 0.222 e. The minimum absolute atomic E-state index is 0.163. The predicted molar refractivity (Wildman–Crippen MR) is 84.1 cm³/mol. The van der Waals surface area contributed by atoms with Crippen molar-refractivity contribution in [1.82, 2.24) is 19.9 Å². The second-order valence-electron chi connectivity index (χ2n) is 6.31. The Morgan fingerprint density at radius 2 is 2.35 bits per heavy atom. The van der Waals surface area contributed by atoms with Gasteiger partial charge in [0.1, 0.15) is 5.82 Å². The lowest BCUT2D eigenvalue weighted by Gasteiger charge is -2.19. The molecule has 6 heteroatoms. The van der Waals surface area contributed by atoms with Crippen molar-refractivity contribution in [2.45, 2.75) is 32.2 Å². The fraction of sp³-hybridized carbons (Fsp3) is 0.471. The van der Waals surface area contributed by atoms with Crippen LogP contribution >= 0.6 is 0 Å². The molecule has 1 amide bonds. The van der Waals surface area contributed by atoms with E-state index in [-0.39, 0.29) is 23.7 Å². The Morgan fingerprint density at radius 3 is 3.09 bits per heavy atom. The highest BCUT2D eigenvalue weighted by atomic mass is 19.1. The van der Waals surface area contributed by atoms with Gasteiger partial charge in [-0.25, -0.2) is 9.07 Å². The van der Waals surface area contributed by atoms with Gasteiger partial charge in [0.15, 0.2) is 0 Å². The summed E-state index contributed by atoms with van der Waals surface area (Å²) in [7, 11) is 0. The van der Waals surface area contributed by atoms with Gasteiger partial charge in [0, 0.05) is 25.7 Å². The van der Waals surface area contributed by atoms with E-state index in [0.29, 0.717) is 19.4 Å². The highest BCUT2D eigenvalue weighted by Gasteiger charge is 2.28. The third kappa shape index (κ3) is 3.94. The second kappa shape index (κ2) is 6.89. The molecule has 0 aliphatic carbocycles. The molecule has 0 bridgehead atoms. The van der Waals surface area contributed by atoms with E-state index < -0.39 is 0 Å². The number of halogens is 1. The first kappa shape index (κ1) is 15.6. The number of hydrogen-bond acceptors (Lipinski definition) is 3. The number of likely N-dealkylation sites (tertiary alicyclic amines) is 1. The maximum absolute atomic E-state index is 13.2. The van der Waals surface area contributed by atoms with E-state index in [1.165, 1.54) is 12.1 Å². The first-order chi connectivity index (χ1) is 11.1. The van der Waals surface area contributed by atoms with E-state index in [2.05, 4.69) is 10.3 Å². The molecule has 23 heavy (non-hydrogen) atoms. The van der Waals surface area contributed by atoms with E-state index in [0.717, 1.165) is 18.5 Å². The Labute approximate surface area is 135 Å². The van der Waals surface area contributed by atoms with Gasteiger partial charge in [-0.3, -0.25) is 4.79 Å². The summed E-state index contributed by atoms with van der Waals surface area (Å²) in [6.45, 7) is 3.48. The van der Waals surface area contributed by atoms with Gasteiger partial charge in [0.05, 0.1) is 12.2 Å². The zero-order valence-corrected chi connectivity index (χ0v) is 13.2. The van der Waals surface area contributed by atoms with Crippen molar-refractivity contribution < 1.29 is 9.18 Å². The molecule has 1 aromatic carbocycles. The Bertz CT molecular complexity index is 658. The quantitative estimate of drug-likeness (QED) is 0.851. The Morgan fingerprint density at radius 1 is 1.48 bits per heavy atom. The van der Waals surface area contributed by atoms with E-state index >= 15 is 0 Å². The Kier molecular flexibility index (Phi) is 4.69. The summed E-state index contributed by atoms with van der Waals surface area (Å²) in [6.07, 6.45) is 5.61. The molecule has 2 atom stereocenters. The number of aromatic nitrogens is 3. The molecule has 1 aliphatic rings. The first-order valence-electron chi connectivity index (χ1n) is 8.00. The van der Waals surface area contributed by atoms with Crippen molar-refractivity contribution in [3.8, 4) is 0 Å². The molecule has 5 nitrogen and oxygen atoms in total. The van der Waals surface area contributed by atoms with Crippen LogP contribution < -0.4 is 0 Å². The Balaban J connectivity index is 1.51. The normalized spacial score (nSPS) is 19.0. The van der Waals surface area contributed by atoms with E-state index in [9.17, 15) is 9.18 Å². The topological polar surface area (TPSA) is 51.0 Å². The number of rotatable bonds is 5. The molecule has 1 aromatic heterocycles. The van der Waals surface area contributed by atoms with Crippen LogP contribution in [0.3, 0.4) is 0 Å². The number of hydrogen-bond donors (Lipinski definition) is 0. The molecule has 0 saturated carbocycles. The van der Waals surface area contributed by atoms with Gasteiger partial charge in [-0.05, 0) is 36.5 Å². The molecule has 122 valence electrons. The van der Waals surface area contributed by atoms with E-state index in [1.54, 1.807) is 12.3 Å². The third-order valence-electron chi connectivity index (χ3n) is 4.33. The minimum atomic E-state index is -0.226. The van der Waals surface area contributed by atoms with Crippen LogP contribution in [0.1, 0.15) is 31.4 Å². The second-order valence-corrected chi connectivity index (χ2v) is 6.31. The first-order valence-corrected chi connectivity index (χ1v) is 8.00. The summed E-state index contributed by atoms with van der Waals surface area (Å²) in [5, 5.41) is 7.83. The zero-order valence-electron chi connectivity index (χ0n) is 13.2. The fourth-order valence-corrected chi connectivity index (χ4v) is 3.16. The van der Waals surface area contributed by atoms with Crippen LogP contribution in [-0.4, -0.2) is 38.9 Å². The fourth-order valence-electron chi connectivity index (χ4n) is 3.16. The van der Waals surface area contributed by atoms with Gasteiger partial charge >= 0.3 is 0 Å². The molecule has 0 spiro atoms. The lowest BCUT2D eigenvalue weighted by molar-refractivity contribution is -0.131. The summed E-state index contributed by atoms with van der Waals surface area (Å²) in [5.41, 5.74) is 0.937. The number of amides is 1. The number of carbonyl (C=O) groups excluding carboxylic acids is 1. The van der Waals surface area contributed by atoms with Gasteiger partial charge in [-0.1, -0.05) is 24.3 Å². The molecule has 2 unspecified atom stereocenters. The van der Waals surface area contributed by atoms with E-state index in [1.807, 2.05) is 28.8 Å². The van der Waals surface area contributed by atoms with Crippen molar-refractivity contribution in [2.24, 2.45) is 5.92 Å². The van der Waals surface area contributed by atoms with Crippen LogP contribution in [0.25, 0.3) is 0 Å². The molecule has 0 N–H and O–H groups in total. The van der Waals surface area contributed by atoms with Crippen molar-refractivity contribution in [3.63, 3.8) is 0 Å². The van der Waals surface area contributed by atoms with Gasteiger partial charge in [-0.15, -0.1) is 5.10 Å². The van der Waals surface area contributed by atoms with Crippen molar-refractivity contribution in [1.29, 1.82) is 0 Å². The standard InChI is InChI=1S/C17H21FN4O/c1-13(9-14-3-2-4-15(18)11-14)10-17(23)21-7-5-16(12-21)22-8-6-19-20-22/h2-4,6,8,11,13,16H,5,7,9-10,12H2,1H3. The zero-order chi connectivity index (χ0) is 16.2. The number of benzene rings is 1. The lowest BCUT2D eigenvalue weighted by atomic mass is 9.97. The van der Waals surface area contributed by atoms with Gasteiger partial charge in [0.2, 0.25) is 5.91 Å². The summed E-state index contributed by atoms with van der Waals surface area (Å²) in [6, 6.07) is 6.81. The molecular weight excluding hydrogens is 295 g/mol. The Hall–Kier alpha value is -2.24. The SMILES string of the molecule is CC(CC(=O)N1CCC(n2ccnn2)C1)Cc1cccc(F)c1. The average molecular weight is 316 g/mol. The molecule has 2 aromatic rings. The molecule has 3 rings (SSSR count). The molecule has 1 fully saturated rings. The number of carbonyl (C=O) groups is 1. The van der Waals surface area contributed by atoms with E-state index in [4.69, 9.17) is 0 Å². The van der Waals surface area contributed by atoms with Crippen molar-refractivity contribution >= 4 is 5.91 Å². The third-order valence-corrected chi connectivity index (χ3v) is 4.33.